The van der Waals surface area contributed by atoms with Crippen molar-refractivity contribution in [2.45, 2.75) is 24.6 Å². The van der Waals surface area contributed by atoms with Gasteiger partial charge in [-0.2, -0.15) is 8.78 Å². The fourth-order valence-electron chi connectivity index (χ4n) is 2.35. The first kappa shape index (κ1) is 19.8. The number of nitrogens with one attached hydrogen (secondary N) is 1. The Hall–Kier alpha value is -3.00. The fraction of sp³-hybridized carbons (Fsp3) is 0.150. The van der Waals surface area contributed by atoms with E-state index in [1.165, 1.54) is 24.5 Å². The fourth-order valence-corrected chi connectivity index (χ4v) is 2.93. The number of halogens is 2. The largest absolute Gasteiger partial charge is 0.439 e. The number of hydrogen-bond acceptors (Lipinski definition) is 5. The molecule has 8 heteroatoms. The summed E-state index contributed by atoms with van der Waals surface area (Å²) in [4.78, 5) is 20.4. The lowest BCUT2D eigenvalue weighted by Gasteiger charge is -2.10. The number of ether oxygens (including phenoxy) is 1. The van der Waals surface area contributed by atoms with Gasteiger partial charge in [0, 0.05) is 12.3 Å². The highest BCUT2D eigenvalue weighted by molar-refractivity contribution is 7.99. The summed E-state index contributed by atoms with van der Waals surface area (Å²) in [6.07, 6.45) is 2.80. The molecule has 2 heterocycles. The molecule has 0 fully saturated rings. The van der Waals surface area contributed by atoms with Crippen molar-refractivity contribution in [3.05, 3.63) is 71.5 Å². The van der Waals surface area contributed by atoms with Gasteiger partial charge in [0.25, 0.3) is 11.7 Å². The zero-order valence-corrected chi connectivity index (χ0v) is 16.0. The number of alkyl halides is 2. The second kappa shape index (κ2) is 8.79. The van der Waals surface area contributed by atoms with Crippen LogP contribution in [0.25, 0.3) is 0 Å². The molecule has 0 bridgehead atoms. The Labute approximate surface area is 165 Å². The van der Waals surface area contributed by atoms with Crippen LogP contribution in [0.15, 0.2) is 59.9 Å². The molecule has 0 saturated carbocycles. The summed E-state index contributed by atoms with van der Waals surface area (Å²) < 4.78 is 31.0. The van der Waals surface area contributed by atoms with Crippen LogP contribution in [0.3, 0.4) is 0 Å². The Morgan fingerprint density at radius 2 is 1.93 bits per heavy atom. The van der Waals surface area contributed by atoms with Crippen molar-refractivity contribution in [3.8, 4) is 11.6 Å². The minimum absolute atomic E-state index is 0.0300. The van der Waals surface area contributed by atoms with Crippen LogP contribution in [-0.4, -0.2) is 21.6 Å². The number of hydrogen-bond donors (Lipinski definition) is 1. The van der Waals surface area contributed by atoms with Crippen molar-refractivity contribution < 1.29 is 18.3 Å². The van der Waals surface area contributed by atoms with Gasteiger partial charge in [0.15, 0.2) is 0 Å². The summed E-state index contributed by atoms with van der Waals surface area (Å²) in [5, 5.41) is 2.59. The van der Waals surface area contributed by atoms with Gasteiger partial charge in [-0.15, -0.1) is 0 Å². The quantitative estimate of drug-likeness (QED) is 0.556. The zero-order valence-electron chi connectivity index (χ0n) is 15.1. The van der Waals surface area contributed by atoms with Gasteiger partial charge < -0.3 is 10.1 Å². The van der Waals surface area contributed by atoms with Crippen LogP contribution >= 0.6 is 11.8 Å². The molecule has 1 aromatic carbocycles. The Bertz CT molecular complexity index is 981. The molecule has 0 unspecified atom stereocenters. The Morgan fingerprint density at radius 1 is 1.11 bits per heavy atom. The highest BCUT2D eigenvalue weighted by atomic mass is 32.2. The number of aromatic nitrogens is 2. The van der Waals surface area contributed by atoms with Crippen LogP contribution in [0.4, 0.5) is 14.5 Å². The lowest BCUT2D eigenvalue weighted by molar-refractivity contribution is 0.102. The average Bonchev–Trinajstić information content (AvgIpc) is 2.66. The van der Waals surface area contributed by atoms with Gasteiger partial charge >= 0.3 is 0 Å². The van der Waals surface area contributed by atoms with Gasteiger partial charge in [-0.25, -0.2) is 9.97 Å². The van der Waals surface area contributed by atoms with E-state index in [2.05, 4.69) is 15.3 Å². The standard InChI is InChI=1S/C20H17F2N3O2S/c1-12-5-7-15(10-13(12)2)27-17-8-6-14(11-24-17)25-18(26)16-4-3-9-23-19(16)28-20(21)22/h3-11,20H,1-2H3,(H,25,26). The SMILES string of the molecule is Cc1ccc(Oc2ccc(NC(=O)c3cccnc3SC(F)F)cn2)cc1C. The van der Waals surface area contributed by atoms with Gasteiger partial charge in [-0.3, -0.25) is 4.79 Å². The Morgan fingerprint density at radius 3 is 2.61 bits per heavy atom. The Kier molecular flexibility index (Phi) is 6.20. The third kappa shape index (κ3) is 5.04. The molecule has 1 N–H and O–H groups in total. The van der Waals surface area contributed by atoms with E-state index in [0.717, 1.165) is 11.1 Å². The lowest BCUT2D eigenvalue weighted by atomic mass is 10.1. The normalized spacial score (nSPS) is 10.8. The maximum Gasteiger partial charge on any atom is 0.290 e. The van der Waals surface area contributed by atoms with Gasteiger partial charge in [0.2, 0.25) is 5.88 Å². The molecular weight excluding hydrogens is 384 g/mol. The molecule has 0 aliphatic heterocycles. The number of carbonyl (C=O) groups excluding carboxylic acids is 1. The van der Waals surface area contributed by atoms with E-state index in [1.807, 2.05) is 32.0 Å². The van der Waals surface area contributed by atoms with Crippen molar-refractivity contribution in [2.75, 3.05) is 5.32 Å². The van der Waals surface area contributed by atoms with E-state index in [0.29, 0.717) is 17.3 Å². The van der Waals surface area contributed by atoms with Crippen molar-refractivity contribution in [1.82, 2.24) is 9.97 Å². The van der Waals surface area contributed by atoms with E-state index in [9.17, 15) is 13.6 Å². The van der Waals surface area contributed by atoms with E-state index < -0.39 is 11.7 Å². The van der Waals surface area contributed by atoms with E-state index >= 15 is 0 Å². The predicted octanol–water partition coefficient (Wildman–Crippen LogP) is 5.45. The van der Waals surface area contributed by atoms with Gasteiger partial charge in [-0.05, 0) is 67.1 Å². The van der Waals surface area contributed by atoms with Crippen LogP contribution in [0.5, 0.6) is 11.6 Å². The molecule has 3 aromatic rings. The van der Waals surface area contributed by atoms with Crippen molar-refractivity contribution in [1.29, 1.82) is 0 Å². The minimum Gasteiger partial charge on any atom is -0.439 e. The van der Waals surface area contributed by atoms with Gasteiger partial charge in [0.05, 0.1) is 17.4 Å². The molecule has 0 atom stereocenters. The number of carbonyl (C=O) groups is 1. The maximum absolute atomic E-state index is 12.6. The molecule has 28 heavy (non-hydrogen) atoms. The van der Waals surface area contributed by atoms with Crippen LogP contribution in [0.1, 0.15) is 21.5 Å². The van der Waals surface area contributed by atoms with Crippen molar-refractivity contribution >= 4 is 23.4 Å². The third-order valence-corrected chi connectivity index (χ3v) is 4.64. The van der Waals surface area contributed by atoms with E-state index in [4.69, 9.17) is 4.74 Å². The first-order valence-electron chi connectivity index (χ1n) is 8.34. The molecule has 0 aliphatic carbocycles. The molecule has 0 radical (unpaired) electrons. The molecule has 2 aromatic heterocycles. The number of rotatable bonds is 6. The third-order valence-electron chi connectivity index (χ3n) is 3.91. The molecule has 1 amide bonds. The second-order valence-electron chi connectivity index (χ2n) is 5.92. The second-order valence-corrected chi connectivity index (χ2v) is 6.90. The minimum atomic E-state index is -2.66. The predicted molar refractivity (Wildman–Crippen MR) is 104 cm³/mol. The highest BCUT2D eigenvalue weighted by Gasteiger charge is 2.17. The topological polar surface area (TPSA) is 64.1 Å². The molecule has 0 aliphatic rings. The number of anilines is 1. The molecular formula is C20H17F2N3O2S. The number of benzene rings is 1. The summed E-state index contributed by atoms with van der Waals surface area (Å²) >= 11 is 0.229. The molecule has 5 nitrogen and oxygen atoms in total. The summed E-state index contributed by atoms with van der Waals surface area (Å²) in [6.45, 7) is 4.01. The highest BCUT2D eigenvalue weighted by Crippen LogP contribution is 2.27. The van der Waals surface area contributed by atoms with Crippen LogP contribution in [-0.2, 0) is 0 Å². The monoisotopic (exact) mass is 401 g/mol. The van der Waals surface area contributed by atoms with Crippen molar-refractivity contribution in [2.24, 2.45) is 0 Å². The van der Waals surface area contributed by atoms with E-state index in [-0.39, 0.29) is 22.4 Å². The average molecular weight is 401 g/mol. The smallest absolute Gasteiger partial charge is 0.290 e. The first-order chi connectivity index (χ1) is 13.4. The summed E-state index contributed by atoms with van der Waals surface area (Å²) in [5.41, 5.74) is 2.76. The van der Waals surface area contributed by atoms with Gasteiger partial charge in [-0.1, -0.05) is 6.07 Å². The summed E-state index contributed by atoms with van der Waals surface area (Å²) in [5.74, 6) is -2.17. The van der Waals surface area contributed by atoms with E-state index in [1.54, 1.807) is 12.1 Å². The molecule has 0 saturated heterocycles. The Balaban J connectivity index is 1.69. The van der Waals surface area contributed by atoms with Gasteiger partial charge in [0.1, 0.15) is 10.8 Å². The zero-order chi connectivity index (χ0) is 20.1. The van der Waals surface area contributed by atoms with Crippen LogP contribution < -0.4 is 10.1 Å². The van der Waals surface area contributed by atoms with Crippen LogP contribution in [0.2, 0.25) is 0 Å². The number of pyridine rings is 2. The molecule has 3 rings (SSSR count). The number of aryl methyl sites for hydroxylation is 2. The summed E-state index contributed by atoms with van der Waals surface area (Å²) in [6, 6.07) is 11.9. The lowest BCUT2D eigenvalue weighted by Crippen LogP contribution is -2.14. The summed E-state index contributed by atoms with van der Waals surface area (Å²) in [7, 11) is 0. The van der Waals surface area contributed by atoms with Crippen molar-refractivity contribution in [3.63, 3.8) is 0 Å². The van der Waals surface area contributed by atoms with Crippen LogP contribution in [0, 0.1) is 13.8 Å². The molecule has 0 spiro atoms. The number of thioether (sulfide) groups is 1. The number of nitrogens with zero attached hydrogens (tertiary/aromatic N) is 2. The molecule has 144 valence electrons. The maximum atomic E-state index is 12.6. The first-order valence-corrected chi connectivity index (χ1v) is 9.22. The number of amides is 1.